The van der Waals surface area contributed by atoms with Gasteiger partial charge in [-0.15, -0.1) is 0 Å². The van der Waals surface area contributed by atoms with Crippen LogP contribution in [0.15, 0.2) is 53.1 Å². The van der Waals surface area contributed by atoms with Gasteiger partial charge in [-0.25, -0.2) is 4.39 Å². The normalized spacial score (nSPS) is 11.4. The van der Waals surface area contributed by atoms with Crippen LogP contribution in [0.3, 0.4) is 0 Å². The molecule has 1 aromatic heterocycles. The monoisotopic (exact) mass is 367 g/mol. The lowest BCUT2D eigenvalue weighted by Crippen LogP contribution is -2.13. The molecule has 140 valence electrons. The minimum atomic E-state index is -0.468. The van der Waals surface area contributed by atoms with Crippen LogP contribution >= 0.6 is 0 Å². The molecule has 0 atom stereocenters. The van der Waals surface area contributed by atoms with Crippen molar-refractivity contribution >= 4 is 11.6 Å². The molecule has 0 aliphatic rings. The van der Waals surface area contributed by atoms with Gasteiger partial charge in [-0.05, 0) is 23.1 Å². The quantitative estimate of drug-likeness (QED) is 0.707. The van der Waals surface area contributed by atoms with Crippen molar-refractivity contribution in [1.82, 2.24) is 10.1 Å². The summed E-state index contributed by atoms with van der Waals surface area (Å²) in [5, 5.41) is 6.51. The summed E-state index contributed by atoms with van der Waals surface area (Å²) in [4.78, 5) is 16.3. The number of carbonyl (C=O) groups is 1. The Labute approximate surface area is 157 Å². The Morgan fingerprint density at radius 1 is 1.11 bits per heavy atom. The molecule has 0 saturated carbocycles. The van der Waals surface area contributed by atoms with Crippen molar-refractivity contribution in [3.63, 3.8) is 0 Å². The van der Waals surface area contributed by atoms with E-state index >= 15 is 0 Å². The van der Waals surface area contributed by atoms with Crippen molar-refractivity contribution in [2.75, 3.05) is 5.32 Å². The van der Waals surface area contributed by atoms with Crippen molar-refractivity contribution in [2.24, 2.45) is 0 Å². The van der Waals surface area contributed by atoms with Gasteiger partial charge in [0.25, 0.3) is 0 Å². The van der Waals surface area contributed by atoms with Crippen LogP contribution in [0, 0.1) is 5.82 Å². The molecule has 1 heterocycles. The van der Waals surface area contributed by atoms with E-state index in [0.717, 1.165) is 5.56 Å². The van der Waals surface area contributed by atoms with Crippen LogP contribution in [0.25, 0.3) is 11.4 Å². The fraction of sp³-hybridized carbons (Fsp3) is 0.286. The third-order valence-electron chi connectivity index (χ3n) is 4.19. The largest absolute Gasteiger partial charge is 0.339 e. The number of halogens is 1. The van der Waals surface area contributed by atoms with Gasteiger partial charge >= 0.3 is 0 Å². The van der Waals surface area contributed by atoms with E-state index in [4.69, 9.17) is 4.52 Å². The van der Waals surface area contributed by atoms with Crippen LogP contribution in [-0.2, 0) is 16.6 Å². The van der Waals surface area contributed by atoms with Gasteiger partial charge in [-0.2, -0.15) is 4.98 Å². The van der Waals surface area contributed by atoms with Crippen molar-refractivity contribution in [3.05, 3.63) is 65.8 Å². The molecular weight excluding hydrogens is 345 g/mol. The van der Waals surface area contributed by atoms with E-state index in [1.54, 1.807) is 12.1 Å². The Balaban J connectivity index is 1.59. The number of aromatic nitrogens is 2. The highest BCUT2D eigenvalue weighted by Crippen LogP contribution is 2.25. The molecule has 0 aliphatic carbocycles. The smallest absolute Gasteiger partial charge is 0.227 e. The van der Waals surface area contributed by atoms with Gasteiger partial charge in [-0.3, -0.25) is 4.79 Å². The van der Waals surface area contributed by atoms with Crippen LogP contribution in [-0.4, -0.2) is 16.0 Å². The minimum absolute atomic E-state index is 0.0759. The van der Waals surface area contributed by atoms with E-state index in [0.29, 0.717) is 11.7 Å². The lowest BCUT2D eigenvalue weighted by atomic mass is 9.87. The fourth-order valence-corrected chi connectivity index (χ4v) is 2.59. The van der Waals surface area contributed by atoms with E-state index in [9.17, 15) is 9.18 Å². The van der Waals surface area contributed by atoms with Gasteiger partial charge in [-0.1, -0.05) is 62.3 Å². The van der Waals surface area contributed by atoms with Gasteiger partial charge in [0, 0.05) is 18.4 Å². The zero-order chi connectivity index (χ0) is 19.4. The number of carbonyl (C=O) groups excluding carboxylic acids is 1. The third-order valence-corrected chi connectivity index (χ3v) is 4.19. The van der Waals surface area contributed by atoms with Crippen LogP contribution in [0.5, 0.6) is 0 Å². The Morgan fingerprint density at radius 3 is 2.48 bits per heavy atom. The Kier molecular flexibility index (Phi) is 5.35. The van der Waals surface area contributed by atoms with E-state index < -0.39 is 5.82 Å². The van der Waals surface area contributed by atoms with Gasteiger partial charge in [0.15, 0.2) is 0 Å². The lowest BCUT2D eigenvalue weighted by Gasteiger charge is -2.18. The first-order chi connectivity index (χ1) is 12.8. The molecule has 0 unspecified atom stereocenters. The second kappa shape index (κ2) is 7.70. The molecule has 0 spiro atoms. The Bertz CT molecular complexity index is 927. The first-order valence-electron chi connectivity index (χ1n) is 8.81. The van der Waals surface area contributed by atoms with Gasteiger partial charge in [0.1, 0.15) is 5.82 Å². The highest BCUT2D eigenvalue weighted by atomic mass is 19.1. The zero-order valence-corrected chi connectivity index (χ0v) is 15.6. The summed E-state index contributed by atoms with van der Waals surface area (Å²) in [6.07, 6.45) is 0.409. The van der Waals surface area contributed by atoms with Crippen molar-refractivity contribution in [2.45, 2.75) is 39.0 Å². The summed E-state index contributed by atoms with van der Waals surface area (Å²) in [6.45, 7) is 6.46. The number of amides is 1. The number of nitrogens with one attached hydrogen (secondary N) is 1. The summed E-state index contributed by atoms with van der Waals surface area (Å²) >= 11 is 0. The molecule has 27 heavy (non-hydrogen) atoms. The molecule has 0 saturated heterocycles. The molecule has 3 aromatic rings. The van der Waals surface area contributed by atoms with E-state index in [-0.39, 0.29) is 29.9 Å². The topological polar surface area (TPSA) is 68.0 Å². The van der Waals surface area contributed by atoms with Crippen LogP contribution < -0.4 is 5.32 Å². The summed E-state index contributed by atoms with van der Waals surface area (Å²) in [6, 6.07) is 14.1. The zero-order valence-electron chi connectivity index (χ0n) is 15.6. The van der Waals surface area contributed by atoms with Crippen molar-refractivity contribution < 1.29 is 13.7 Å². The summed E-state index contributed by atoms with van der Waals surface area (Å²) < 4.78 is 18.8. The predicted octanol–water partition coefficient (Wildman–Crippen LogP) is 4.74. The third kappa shape index (κ3) is 4.78. The maximum atomic E-state index is 13.6. The average molecular weight is 367 g/mol. The number of hydrogen-bond donors (Lipinski definition) is 1. The van der Waals surface area contributed by atoms with Crippen molar-refractivity contribution in [3.8, 4) is 11.4 Å². The number of nitrogens with zero attached hydrogens (tertiary/aromatic N) is 2. The SMILES string of the molecule is CC(C)(C)c1ccc(-c2noc(CCC(=O)Nc3ccccc3F)n2)cc1. The molecule has 5 nitrogen and oxygen atoms in total. The molecule has 0 radical (unpaired) electrons. The number of aryl methyl sites for hydroxylation is 1. The van der Waals surface area contributed by atoms with Crippen LogP contribution in [0.2, 0.25) is 0 Å². The number of rotatable bonds is 5. The summed E-state index contributed by atoms with van der Waals surface area (Å²) in [7, 11) is 0. The summed E-state index contributed by atoms with van der Waals surface area (Å²) in [5.41, 5.74) is 2.31. The Morgan fingerprint density at radius 2 is 1.81 bits per heavy atom. The molecule has 0 fully saturated rings. The molecule has 0 aliphatic heterocycles. The van der Waals surface area contributed by atoms with Crippen molar-refractivity contribution in [1.29, 1.82) is 0 Å². The molecule has 1 amide bonds. The molecular formula is C21H22FN3O2. The van der Waals surface area contributed by atoms with E-state index in [2.05, 4.69) is 36.2 Å². The second-order valence-electron chi connectivity index (χ2n) is 7.37. The summed E-state index contributed by atoms with van der Waals surface area (Å²) in [5.74, 6) is 0.0764. The minimum Gasteiger partial charge on any atom is -0.339 e. The maximum Gasteiger partial charge on any atom is 0.227 e. The molecule has 6 heteroatoms. The number of benzene rings is 2. The molecule has 1 N–H and O–H groups in total. The highest BCUT2D eigenvalue weighted by Gasteiger charge is 2.15. The van der Waals surface area contributed by atoms with Crippen LogP contribution in [0.1, 0.15) is 38.6 Å². The first-order valence-corrected chi connectivity index (χ1v) is 8.81. The van der Waals surface area contributed by atoms with E-state index in [1.807, 2.05) is 24.3 Å². The maximum absolute atomic E-state index is 13.6. The number of para-hydroxylation sites is 1. The molecule has 3 rings (SSSR count). The fourth-order valence-electron chi connectivity index (χ4n) is 2.59. The molecule has 2 aromatic carbocycles. The van der Waals surface area contributed by atoms with Gasteiger partial charge < -0.3 is 9.84 Å². The van der Waals surface area contributed by atoms with Gasteiger partial charge in [0.05, 0.1) is 5.69 Å². The Hall–Kier alpha value is -3.02. The average Bonchev–Trinajstić information content (AvgIpc) is 3.10. The van der Waals surface area contributed by atoms with E-state index in [1.165, 1.54) is 17.7 Å². The van der Waals surface area contributed by atoms with Gasteiger partial charge in [0.2, 0.25) is 17.6 Å². The second-order valence-corrected chi connectivity index (χ2v) is 7.37. The lowest BCUT2D eigenvalue weighted by molar-refractivity contribution is -0.116. The number of anilines is 1. The highest BCUT2D eigenvalue weighted by molar-refractivity contribution is 5.90. The predicted molar refractivity (Wildman–Crippen MR) is 102 cm³/mol. The standard InChI is InChI=1S/C21H22FN3O2/c1-21(2,3)15-10-8-14(9-11-15)20-24-19(27-25-20)13-12-18(26)23-17-7-5-4-6-16(17)22/h4-11H,12-13H2,1-3H3,(H,23,26). The first kappa shape index (κ1) is 18.8. The number of hydrogen-bond acceptors (Lipinski definition) is 4. The van der Waals surface area contributed by atoms with Crippen LogP contribution in [0.4, 0.5) is 10.1 Å². The molecule has 0 bridgehead atoms.